The fourth-order valence-corrected chi connectivity index (χ4v) is 2.08. The fraction of sp³-hybridized carbons (Fsp3) is 0.900. The van der Waals surface area contributed by atoms with Crippen molar-refractivity contribution in [3.63, 3.8) is 0 Å². The molecule has 0 fully saturated rings. The molecule has 0 aromatic carbocycles. The van der Waals surface area contributed by atoms with Crippen LogP contribution in [0.15, 0.2) is 0 Å². The van der Waals surface area contributed by atoms with Gasteiger partial charge < -0.3 is 5.11 Å². The summed E-state index contributed by atoms with van der Waals surface area (Å²) >= 11 is 1.74. The molecule has 0 aliphatic carbocycles. The number of rotatable bonds is 6. The highest BCUT2D eigenvalue weighted by atomic mass is 32.2. The maximum atomic E-state index is 10.8. The molecule has 0 bridgehead atoms. The highest BCUT2D eigenvalue weighted by Crippen LogP contribution is 2.23. The zero-order valence-corrected chi connectivity index (χ0v) is 9.78. The van der Waals surface area contributed by atoms with Crippen molar-refractivity contribution >= 4 is 17.7 Å². The Kier molecular flexibility index (Phi) is 5.45. The fourth-order valence-electron chi connectivity index (χ4n) is 0.695. The number of carbonyl (C=O) groups is 1. The van der Waals surface area contributed by atoms with Crippen LogP contribution in [0.4, 0.5) is 0 Å². The molecule has 0 aromatic heterocycles. The predicted molar refractivity (Wildman–Crippen MR) is 58.2 cm³/mol. The van der Waals surface area contributed by atoms with Gasteiger partial charge in [0.05, 0.1) is 5.41 Å². The minimum absolute atomic E-state index is 0.585. The van der Waals surface area contributed by atoms with Gasteiger partial charge >= 0.3 is 5.97 Å². The molecule has 1 unspecified atom stereocenters. The van der Waals surface area contributed by atoms with Crippen molar-refractivity contribution in [3.8, 4) is 0 Å². The molecule has 0 saturated heterocycles. The number of carboxylic acids is 1. The van der Waals surface area contributed by atoms with Gasteiger partial charge in [-0.1, -0.05) is 20.3 Å². The van der Waals surface area contributed by atoms with E-state index in [0.717, 1.165) is 5.75 Å². The maximum Gasteiger partial charge on any atom is 0.309 e. The quantitative estimate of drug-likeness (QED) is 0.723. The Bertz CT molecular complexity index is 166. The number of hydrogen-bond acceptors (Lipinski definition) is 2. The SMILES string of the molecule is CCC(C)CSCC(C)(C)C(=O)O. The number of hydrogen-bond donors (Lipinski definition) is 1. The average molecular weight is 204 g/mol. The van der Waals surface area contributed by atoms with E-state index in [0.29, 0.717) is 11.7 Å². The lowest BCUT2D eigenvalue weighted by atomic mass is 9.97. The summed E-state index contributed by atoms with van der Waals surface area (Å²) in [6, 6.07) is 0. The average Bonchev–Trinajstić information content (AvgIpc) is 2.03. The number of carboxylic acid groups (broad SMARTS) is 1. The zero-order valence-electron chi connectivity index (χ0n) is 8.96. The zero-order chi connectivity index (χ0) is 10.5. The second-order valence-electron chi connectivity index (χ2n) is 4.22. The lowest BCUT2D eigenvalue weighted by Crippen LogP contribution is -2.26. The molecule has 3 heteroatoms. The Morgan fingerprint density at radius 1 is 1.54 bits per heavy atom. The first-order chi connectivity index (χ1) is 5.90. The minimum atomic E-state index is -0.704. The molecular weight excluding hydrogens is 184 g/mol. The summed E-state index contributed by atoms with van der Waals surface area (Å²) in [5.74, 6) is 1.75. The summed E-state index contributed by atoms with van der Waals surface area (Å²) in [5.41, 5.74) is -0.585. The molecule has 0 rings (SSSR count). The second-order valence-corrected chi connectivity index (χ2v) is 5.25. The minimum Gasteiger partial charge on any atom is -0.481 e. The van der Waals surface area contributed by atoms with Crippen LogP contribution in [0.3, 0.4) is 0 Å². The molecule has 1 N–H and O–H groups in total. The van der Waals surface area contributed by atoms with Crippen LogP contribution in [-0.4, -0.2) is 22.6 Å². The third kappa shape index (κ3) is 5.19. The van der Waals surface area contributed by atoms with Crippen LogP contribution in [0.5, 0.6) is 0 Å². The standard InChI is InChI=1S/C10H20O2S/c1-5-8(2)6-13-7-10(3,4)9(11)12/h8H,5-7H2,1-4H3,(H,11,12). The van der Waals surface area contributed by atoms with Crippen LogP contribution < -0.4 is 0 Å². The summed E-state index contributed by atoms with van der Waals surface area (Å²) in [7, 11) is 0. The number of thioether (sulfide) groups is 1. The van der Waals surface area contributed by atoms with E-state index in [1.165, 1.54) is 6.42 Å². The molecule has 0 aliphatic rings. The molecule has 0 saturated carbocycles. The van der Waals surface area contributed by atoms with Crippen molar-refractivity contribution in [2.24, 2.45) is 11.3 Å². The van der Waals surface area contributed by atoms with E-state index in [4.69, 9.17) is 5.11 Å². The molecule has 0 aliphatic heterocycles. The van der Waals surface area contributed by atoms with Gasteiger partial charge in [-0.3, -0.25) is 4.79 Å². The van der Waals surface area contributed by atoms with Crippen LogP contribution in [0.25, 0.3) is 0 Å². The van der Waals surface area contributed by atoms with E-state index >= 15 is 0 Å². The summed E-state index contributed by atoms with van der Waals surface area (Å²) < 4.78 is 0. The van der Waals surface area contributed by atoms with Gasteiger partial charge in [0.2, 0.25) is 0 Å². The highest BCUT2D eigenvalue weighted by Gasteiger charge is 2.26. The Morgan fingerprint density at radius 3 is 2.46 bits per heavy atom. The molecule has 2 nitrogen and oxygen atoms in total. The smallest absolute Gasteiger partial charge is 0.309 e. The molecule has 13 heavy (non-hydrogen) atoms. The van der Waals surface area contributed by atoms with E-state index < -0.39 is 11.4 Å². The molecular formula is C10H20O2S. The molecule has 0 amide bonds. The maximum absolute atomic E-state index is 10.8. The molecule has 0 spiro atoms. The first-order valence-electron chi connectivity index (χ1n) is 4.71. The first-order valence-corrected chi connectivity index (χ1v) is 5.86. The van der Waals surface area contributed by atoms with Gasteiger partial charge in [0, 0.05) is 5.75 Å². The van der Waals surface area contributed by atoms with Gasteiger partial charge in [-0.25, -0.2) is 0 Å². The Labute approximate surface area is 85.1 Å². The molecule has 0 radical (unpaired) electrons. The summed E-state index contributed by atoms with van der Waals surface area (Å²) in [6.07, 6.45) is 1.17. The first kappa shape index (κ1) is 12.8. The van der Waals surface area contributed by atoms with E-state index in [-0.39, 0.29) is 0 Å². The van der Waals surface area contributed by atoms with Crippen LogP contribution >= 0.6 is 11.8 Å². The molecule has 78 valence electrons. The van der Waals surface area contributed by atoms with E-state index in [1.54, 1.807) is 25.6 Å². The summed E-state index contributed by atoms with van der Waals surface area (Å²) in [4.78, 5) is 10.8. The van der Waals surface area contributed by atoms with Gasteiger partial charge in [0.25, 0.3) is 0 Å². The molecule has 1 atom stereocenters. The Morgan fingerprint density at radius 2 is 2.08 bits per heavy atom. The summed E-state index contributed by atoms with van der Waals surface area (Å²) in [5, 5.41) is 8.85. The van der Waals surface area contributed by atoms with Gasteiger partial charge in [-0.2, -0.15) is 11.8 Å². The normalized spacial score (nSPS) is 14.2. The van der Waals surface area contributed by atoms with Gasteiger partial charge in [0.15, 0.2) is 0 Å². The van der Waals surface area contributed by atoms with Crippen LogP contribution in [0.2, 0.25) is 0 Å². The van der Waals surface area contributed by atoms with Crippen molar-refractivity contribution in [1.29, 1.82) is 0 Å². The largest absolute Gasteiger partial charge is 0.481 e. The summed E-state index contributed by atoms with van der Waals surface area (Å²) in [6.45, 7) is 7.91. The van der Waals surface area contributed by atoms with Crippen LogP contribution in [0, 0.1) is 11.3 Å². The lowest BCUT2D eigenvalue weighted by molar-refractivity contribution is -0.145. The van der Waals surface area contributed by atoms with Crippen molar-refractivity contribution < 1.29 is 9.90 Å². The van der Waals surface area contributed by atoms with Crippen molar-refractivity contribution in [3.05, 3.63) is 0 Å². The van der Waals surface area contributed by atoms with Crippen LogP contribution in [-0.2, 0) is 4.79 Å². The Balaban J connectivity index is 3.70. The topological polar surface area (TPSA) is 37.3 Å². The predicted octanol–water partition coefficient (Wildman–Crippen LogP) is 2.88. The van der Waals surface area contributed by atoms with E-state index in [9.17, 15) is 4.79 Å². The molecule has 0 aromatic rings. The third-order valence-electron chi connectivity index (χ3n) is 2.14. The highest BCUT2D eigenvalue weighted by molar-refractivity contribution is 7.99. The molecule has 0 heterocycles. The van der Waals surface area contributed by atoms with Crippen molar-refractivity contribution in [2.45, 2.75) is 34.1 Å². The van der Waals surface area contributed by atoms with Crippen LogP contribution in [0.1, 0.15) is 34.1 Å². The van der Waals surface area contributed by atoms with Crippen molar-refractivity contribution in [1.82, 2.24) is 0 Å². The third-order valence-corrected chi connectivity index (χ3v) is 3.87. The van der Waals surface area contributed by atoms with Gasteiger partial charge in [-0.15, -0.1) is 0 Å². The van der Waals surface area contributed by atoms with E-state index in [2.05, 4.69) is 13.8 Å². The van der Waals surface area contributed by atoms with Gasteiger partial charge in [0.1, 0.15) is 0 Å². The second kappa shape index (κ2) is 5.53. The lowest BCUT2D eigenvalue weighted by Gasteiger charge is -2.19. The Hall–Kier alpha value is -0.180. The monoisotopic (exact) mass is 204 g/mol. The van der Waals surface area contributed by atoms with Gasteiger partial charge in [-0.05, 0) is 25.5 Å². The number of aliphatic carboxylic acids is 1. The van der Waals surface area contributed by atoms with E-state index in [1.807, 2.05) is 0 Å². The van der Waals surface area contributed by atoms with Crippen molar-refractivity contribution in [2.75, 3.05) is 11.5 Å².